The second-order valence-electron chi connectivity index (χ2n) is 11.8. The molecule has 0 radical (unpaired) electrons. The van der Waals surface area contributed by atoms with Crippen LogP contribution in [0.25, 0.3) is 0 Å². The number of nitrogens with zero attached hydrogens (tertiary/aromatic N) is 7. The number of aliphatic imine (C=N–C) groups is 1. The lowest BCUT2D eigenvalue weighted by Crippen LogP contribution is -2.25. The minimum atomic E-state index is -0.00824. The molecule has 0 saturated heterocycles. The lowest BCUT2D eigenvalue weighted by molar-refractivity contribution is 0.228. The summed E-state index contributed by atoms with van der Waals surface area (Å²) in [6, 6.07) is 35.1. The first-order chi connectivity index (χ1) is 24.1. The number of phenolic OH excluding ortho intramolecular Hbond substituents is 2. The van der Waals surface area contributed by atoms with E-state index >= 15 is 0 Å². The molecular formula is C40H39N7O2. The molecule has 4 aromatic heterocycles. The molecule has 0 amide bonds. The van der Waals surface area contributed by atoms with E-state index in [2.05, 4.69) is 34.7 Å². The van der Waals surface area contributed by atoms with Gasteiger partial charge in [0.15, 0.2) is 0 Å². The van der Waals surface area contributed by atoms with Gasteiger partial charge in [0, 0.05) is 81.4 Å². The average molecular weight is 650 g/mol. The van der Waals surface area contributed by atoms with Crippen LogP contribution in [0.4, 0.5) is 0 Å². The van der Waals surface area contributed by atoms with Crippen molar-refractivity contribution in [2.24, 2.45) is 4.99 Å². The van der Waals surface area contributed by atoms with E-state index < -0.39 is 0 Å². The van der Waals surface area contributed by atoms with Crippen LogP contribution in [0.3, 0.4) is 0 Å². The average Bonchev–Trinajstić information content (AvgIpc) is 3.14. The molecule has 2 aromatic carbocycles. The first kappa shape index (κ1) is 33.1. The Labute approximate surface area is 287 Å². The second kappa shape index (κ2) is 16.9. The van der Waals surface area contributed by atoms with E-state index in [1.54, 1.807) is 31.0 Å². The van der Waals surface area contributed by atoms with E-state index in [-0.39, 0.29) is 18.0 Å². The molecule has 0 spiro atoms. The maximum Gasteiger partial charge on any atom is 0.132 e. The van der Waals surface area contributed by atoms with Crippen LogP contribution in [0.1, 0.15) is 45.0 Å². The number of aromatic nitrogens is 4. The first-order valence-electron chi connectivity index (χ1n) is 16.3. The molecule has 246 valence electrons. The predicted molar refractivity (Wildman–Crippen MR) is 190 cm³/mol. The van der Waals surface area contributed by atoms with Gasteiger partial charge in [-0.2, -0.15) is 0 Å². The third-order valence-electron chi connectivity index (χ3n) is 8.05. The number of aromatic hydroxyl groups is 2. The van der Waals surface area contributed by atoms with Crippen molar-refractivity contribution in [3.63, 3.8) is 0 Å². The van der Waals surface area contributed by atoms with Gasteiger partial charge < -0.3 is 10.2 Å². The highest BCUT2D eigenvalue weighted by Gasteiger charge is 2.22. The molecule has 0 unspecified atom stereocenters. The standard InChI is InChI=1S/C40H39N7O2/c48-39-32(24-41-23-31-12-2-1-3-13-31)22-33(25-46(26-34-14-4-8-18-42-34)27-35-15-5-9-19-43-35)40(49)38(39)30-47(28-36-16-6-10-20-44-36)29-37-17-7-11-21-45-37/h1-22,24,48-49H,23,25-30H2. The van der Waals surface area contributed by atoms with Gasteiger partial charge in [-0.15, -0.1) is 0 Å². The van der Waals surface area contributed by atoms with Crippen molar-refractivity contribution in [2.45, 2.75) is 45.8 Å². The smallest absolute Gasteiger partial charge is 0.132 e. The van der Waals surface area contributed by atoms with E-state index in [9.17, 15) is 10.2 Å². The third kappa shape index (κ3) is 9.63. The van der Waals surface area contributed by atoms with Crippen LogP contribution in [-0.2, 0) is 45.8 Å². The number of rotatable bonds is 15. The summed E-state index contributed by atoms with van der Waals surface area (Å²) in [5.74, 6) is 0.0305. The second-order valence-corrected chi connectivity index (χ2v) is 11.8. The van der Waals surface area contributed by atoms with Crippen LogP contribution < -0.4 is 0 Å². The predicted octanol–water partition coefficient (Wildman–Crippen LogP) is 6.70. The topological polar surface area (TPSA) is 111 Å². The van der Waals surface area contributed by atoms with Gasteiger partial charge in [0.25, 0.3) is 0 Å². The Morgan fingerprint density at radius 3 is 1.41 bits per heavy atom. The minimum Gasteiger partial charge on any atom is -0.507 e. The van der Waals surface area contributed by atoms with Gasteiger partial charge in [-0.1, -0.05) is 54.6 Å². The SMILES string of the molecule is Oc1c(C=NCc2ccccc2)cc(CN(Cc2ccccn2)Cc2ccccn2)c(O)c1CN(Cc1ccccn1)Cc1ccccn1. The highest BCUT2D eigenvalue weighted by Crippen LogP contribution is 2.36. The molecule has 9 nitrogen and oxygen atoms in total. The van der Waals surface area contributed by atoms with Crippen molar-refractivity contribution in [3.8, 4) is 11.5 Å². The fourth-order valence-corrected chi connectivity index (χ4v) is 5.69. The van der Waals surface area contributed by atoms with Crippen molar-refractivity contribution in [2.75, 3.05) is 0 Å². The molecule has 0 aliphatic heterocycles. The molecule has 2 N–H and O–H groups in total. The number of benzene rings is 2. The van der Waals surface area contributed by atoms with E-state index in [1.165, 1.54) is 0 Å². The van der Waals surface area contributed by atoms with Crippen LogP contribution in [0, 0.1) is 0 Å². The molecule has 0 aliphatic rings. The van der Waals surface area contributed by atoms with Crippen LogP contribution in [0.2, 0.25) is 0 Å². The van der Waals surface area contributed by atoms with Crippen molar-refractivity contribution in [1.29, 1.82) is 0 Å². The Hall–Kier alpha value is -5.77. The van der Waals surface area contributed by atoms with Gasteiger partial charge in [0.1, 0.15) is 11.5 Å². The zero-order valence-electron chi connectivity index (χ0n) is 27.3. The molecule has 0 saturated carbocycles. The summed E-state index contributed by atoms with van der Waals surface area (Å²) in [6.45, 7) is 3.15. The van der Waals surface area contributed by atoms with E-state index in [4.69, 9.17) is 0 Å². The lowest BCUT2D eigenvalue weighted by Gasteiger charge is -2.26. The minimum absolute atomic E-state index is 0.00824. The van der Waals surface area contributed by atoms with Gasteiger partial charge in [-0.05, 0) is 60.2 Å². The van der Waals surface area contributed by atoms with Gasteiger partial charge in [-0.3, -0.25) is 34.7 Å². The maximum absolute atomic E-state index is 11.9. The fourth-order valence-electron chi connectivity index (χ4n) is 5.69. The molecule has 6 aromatic rings. The monoisotopic (exact) mass is 649 g/mol. The maximum atomic E-state index is 11.9. The Morgan fingerprint density at radius 2 is 0.959 bits per heavy atom. The normalized spacial score (nSPS) is 11.5. The highest BCUT2D eigenvalue weighted by atomic mass is 16.3. The molecule has 0 fully saturated rings. The summed E-state index contributed by atoms with van der Waals surface area (Å²) in [5, 5.41) is 23.7. The summed E-state index contributed by atoms with van der Waals surface area (Å²) in [6.07, 6.45) is 8.79. The molecule has 6 rings (SSSR count). The number of phenols is 2. The number of hydrogen-bond acceptors (Lipinski definition) is 9. The summed E-state index contributed by atoms with van der Waals surface area (Å²) >= 11 is 0. The Bertz CT molecular complexity index is 1830. The molecule has 9 heteroatoms. The molecule has 4 heterocycles. The Balaban J connectivity index is 1.37. The zero-order valence-corrected chi connectivity index (χ0v) is 27.3. The molecule has 0 bridgehead atoms. The summed E-state index contributed by atoms with van der Waals surface area (Å²) in [5.41, 5.74) is 6.22. The largest absolute Gasteiger partial charge is 0.507 e. The Kier molecular flexibility index (Phi) is 11.4. The van der Waals surface area contributed by atoms with Gasteiger partial charge in [-0.25, -0.2) is 0 Å². The van der Waals surface area contributed by atoms with Crippen LogP contribution >= 0.6 is 0 Å². The van der Waals surface area contributed by atoms with Crippen molar-refractivity contribution >= 4 is 6.21 Å². The van der Waals surface area contributed by atoms with E-state index in [0.717, 1.165) is 28.3 Å². The zero-order chi connectivity index (χ0) is 33.7. The van der Waals surface area contributed by atoms with Crippen LogP contribution in [-0.4, -0.2) is 46.2 Å². The molecular weight excluding hydrogens is 610 g/mol. The van der Waals surface area contributed by atoms with Crippen molar-refractivity contribution in [1.82, 2.24) is 29.7 Å². The highest BCUT2D eigenvalue weighted by molar-refractivity contribution is 5.85. The number of pyridine rings is 4. The first-order valence-corrected chi connectivity index (χ1v) is 16.3. The van der Waals surface area contributed by atoms with Crippen LogP contribution in [0.5, 0.6) is 11.5 Å². The molecule has 0 atom stereocenters. The summed E-state index contributed by atoms with van der Waals surface area (Å²) in [4.78, 5) is 27.2. The van der Waals surface area contributed by atoms with Gasteiger partial charge >= 0.3 is 0 Å². The third-order valence-corrected chi connectivity index (χ3v) is 8.05. The lowest BCUT2D eigenvalue weighted by atomic mass is 10.0. The number of hydrogen-bond donors (Lipinski definition) is 2. The van der Waals surface area contributed by atoms with Gasteiger partial charge in [0.2, 0.25) is 0 Å². The Morgan fingerprint density at radius 1 is 0.510 bits per heavy atom. The quantitative estimate of drug-likeness (QED) is 0.118. The fraction of sp³-hybridized carbons (Fsp3) is 0.175. The van der Waals surface area contributed by atoms with Crippen molar-refractivity contribution in [3.05, 3.63) is 179 Å². The van der Waals surface area contributed by atoms with Crippen molar-refractivity contribution < 1.29 is 10.2 Å². The molecule has 0 aliphatic carbocycles. The summed E-state index contributed by atoms with van der Waals surface area (Å²) in [7, 11) is 0. The molecule has 49 heavy (non-hydrogen) atoms. The van der Waals surface area contributed by atoms with E-state index in [1.807, 2.05) is 109 Å². The van der Waals surface area contributed by atoms with E-state index in [0.29, 0.717) is 56.0 Å². The van der Waals surface area contributed by atoms with Gasteiger partial charge in [0.05, 0.1) is 34.9 Å². The van der Waals surface area contributed by atoms with Crippen LogP contribution in [0.15, 0.2) is 139 Å². The summed E-state index contributed by atoms with van der Waals surface area (Å²) < 4.78 is 0.